The summed E-state index contributed by atoms with van der Waals surface area (Å²) in [5.41, 5.74) is 9.96. The molecule has 0 unspecified atom stereocenters. The van der Waals surface area contributed by atoms with E-state index in [2.05, 4.69) is 29.2 Å². The van der Waals surface area contributed by atoms with Crippen molar-refractivity contribution >= 4 is 25.9 Å². The monoisotopic (exact) mass is 412 g/mol. The Balaban J connectivity index is 1.65. The van der Waals surface area contributed by atoms with Gasteiger partial charge in [-0.15, -0.1) is 0 Å². The van der Waals surface area contributed by atoms with Gasteiger partial charge in [0.25, 0.3) is 0 Å². The summed E-state index contributed by atoms with van der Waals surface area (Å²) in [5.74, 6) is 0. The molecule has 4 nitrogen and oxygen atoms in total. The molecule has 0 bridgehead atoms. The standard InChI is InChI=1S/C21H20N2O2Se/c22-17-5-1-15(2-6-17)20-13-19(24)14-21(26-20)16-3-7-18(8-4-16)23-9-11-25-12-10-23/h1-8,13-14H,9-12,22H2. The predicted molar refractivity (Wildman–Crippen MR) is 108 cm³/mol. The quantitative estimate of drug-likeness (QED) is 0.532. The Labute approximate surface area is 158 Å². The summed E-state index contributed by atoms with van der Waals surface area (Å²) in [6.07, 6.45) is 0. The molecule has 1 aromatic heterocycles. The van der Waals surface area contributed by atoms with Gasteiger partial charge in [0, 0.05) is 0 Å². The number of anilines is 2. The molecule has 0 atom stereocenters. The molecule has 1 fully saturated rings. The van der Waals surface area contributed by atoms with Crippen molar-refractivity contribution < 1.29 is 4.74 Å². The van der Waals surface area contributed by atoms with Crippen LogP contribution in [0.15, 0.2) is 65.5 Å². The first-order valence-electron chi connectivity index (χ1n) is 8.63. The van der Waals surface area contributed by atoms with Crippen LogP contribution in [-0.2, 0) is 4.74 Å². The first-order chi connectivity index (χ1) is 12.7. The molecule has 132 valence electrons. The fraction of sp³-hybridized carbons (Fsp3) is 0.190. The van der Waals surface area contributed by atoms with E-state index in [1.807, 2.05) is 24.3 Å². The van der Waals surface area contributed by atoms with Gasteiger partial charge in [0.2, 0.25) is 0 Å². The minimum atomic E-state index is 0.0530. The molecule has 3 aromatic rings. The summed E-state index contributed by atoms with van der Waals surface area (Å²) >= 11 is 0.0878. The van der Waals surface area contributed by atoms with Gasteiger partial charge < -0.3 is 0 Å². The Hall–Kier alpha value is -2.33. The molecule has 2 heterocycles. The van der Waals surface area contributed by atoms with Gasteiger partial charge >= 0.3 is 158 Å². The van der Waals surface area contributed by atoms with Crippen molar-refractivity contribution in [2.75, 3.05) is 36.9 Å². The van der Waals surface area contributed by atoms with Crippen LogP contribution in [0.1, 0.15) is 0 Å². The molecule has 26 heavy (non-hydrogen) atoms. The summed E-state index contributed by atoms with van der Waals surface area (Å²) < 4.78 is 7.62. The van der Waals surface area contributed by atoms with Crippen molar-refractivity contribution in [3.05, 3.63) is 70.9 Å². The maximum atomic E-state index is 12.2. The first-order valence-corrected chi connectivity index (χ1v) is 10.3. The van der Waals surface area contributed by atoms with Crippen molar-refractivity contribution in [1.29, 1.82) is 0 Å². The van der Waals surface area contributed by atoms with Crippen molar-refractivity contribution in [3.63, 3.8) is 0 Å². The van der Waals surface area contributed by atoms with Crippen LogP contribution in [0.4, 0.5) is 11.4 Å². The van der Waals surface area contributed by atoms with Crippen LogP contribution in [0, 0.1) is 0 Å². The third-order valence-electron chi connectivity index (χ3n) is 4.49. The molecule has 5 heteroatoms. The Morgan fingerprint density at radius 2 is 1.38 bits per heavy atom. The van der Waals surface area contributed by atoms with Gasteiger partial charge in [-0.1, -0.05) is 0 Å². The van der Waals surface area contributed by atoms with E-state index < -0.39 is 0 Å². The van der Waals surface area contributed by atoms with Crippen LogP contribution < -0.4 is 16.1 Å². The van der Waals surface area contributed by atoms with Gasteiger partial charge in [0.1, 0.15) is 0 Å². The first kappa shape index (κ1) is 17.1. The zero-order valence-corrected chi connectivity index (χ0v) is 16.1. The van der Waals surface area contributed by atoms with Crippen molar-refractivity contribution in [2.24, 2.45) is 0 Å². The Morgan fingerprint density at radius 3 is 1.96 bits per heavy atom. The molecule has 2 aromatic carbocycles. The van der Waals surface area contributed by atoms with Crippen LogP contribution >= 0.6 is 0 Å². The van der Waals surface area contributed by atoms with E-state index in [0.717, 1.165) is 52.0 Å². The average molecular weight is 411 g/mol. The van der Waals surface area contributed by atoms with Gasteiger partial charge in [0.05, 0.1) is 0 Å². The third-order valence-corrected chi connectivity index (χ3v) is 6.90. The number of rotatable bonds is 3. The molecule has 4 rings (SSSR count). The SMILES string of the molecule is Nc1ccc(-c2cc(=O)cc(-c3ccc(N4CCOCC4)cc3)[se]2)cc1. The topological polar surface area (TPSA) is 55.6 Å². The summed E-state index contributed by atoms with van der Waals surface area (Å²) in [7, 11) is 0. The molecule has 1 saturated heterocycles. The fourth-order valence-electron chi connectivity index (χ4n) is 3.07. The van der Waals surface area contributed by atoms with E-state index in [0.29, 0.717) is 0 Å². The van der Waals surface area contributed by atoms with E-state index >= 15 is 0 Å². The molecule has 0 radical (unpaired) electrons. The second-order valence-electron chi connectivity index (χ2n) is 6.29. The molecule has 2 N–H and O–H groups in total. The summed E-state index contributed by atoms with van der Waals surface area (Å²) in [4.78, 5) is 14.6. The second-order valence-corrected chi connectivity index (χ2v) is 8.56. The van der Waals surface area contributed by atoms with E-state index in [-0.39, 0.29) is 19.9 Å². The average Bonchev–Trinajstić information content (AvgIpc) is 2.69. The molecular weight excluding hydrogens is 391 g/mol. The van der Waals surface area contributed by atoms with E-state index in [9.17, 15) is 4.79 Å². The maximum absolute atomic E-state index is 12.2. The second kappa shape index (κ2) is 7.50. The van der Waals surface area contributed by atoms with E-state index in [1.165, 1.54) is 5.69 Å². The van der Waals surface area contributed by atoms with Gasteiger partial charge in [-0.3, -0.25) is 0 Å². The number of nitrogens with two attached hydrogens (primary N) is 1. The number of benzene rings is 2. The number of hydrogen-bond acceptors (Lipinski definition) is 4. The van der Waals surface area contributed by atoms with Gasteiger partial charge in [-0.05, 0) is 0 Å². The fourth-order valence-corrected chi connectivity index (χ4v) is 5.36. The van der Waals surface area contributed by atoms with Crippen LogP contribution in [0.25, 0.3) is 20.0 Å². The zero-order valence-electron chi connectivity index (χ0n) is 14.4. The predicted octanol–water partition coefficient (Wildman–Crippen LogP) is 2.86. The summed E-state index contributed by atoms with van der Waals surface area (Å²) in [6, 6.07) is 19.8. The Bertz CT molecular complexity index is 943. The normalized spacial score (nSPS) is 14.4. The summed E-state index contributed by atoms with van der Waals surface area (Å²) in [5, 5.41) is 0. The minimum absolute atomic E-state index is 0.0530. The zero-order chi connectivity index (χ0) is 17.9. The molecule has 1 aliphatic rings. The van der Waals surface area contributed by atoms with Crippen LogP contribution in [0.2, 0.25) is 0 Å². The molecule has 1 aliphatic heterocycles. The van der Waals surface area contributed by atoms with Gasteiger partial charge in [-0.2, -0.15) is 0 Å². The molecule has 0 saturated carbocycles. The van der Waals surface area contributed by atoms with Crippen LogP contribution in [0.3, 0.4) is 0 Å². The van der Waals surface area contributed by atoms with Gasteiger partial charge in [-0.25, -0.2) is 0 Å². The third kappa shape index (κ3) is 3.75. The number of nitrogens with zero attached hydrogens (tertiary/aromatic N) is 1. The number of morpholine rings is 1. The molecular formula is C21H20N2O2Se. The van der Waals surface area contributed by atoms with Crippen LogP contribution in [-0.4, -0.2) is 40.8 Å². The Morgan fingerprint density at radius 1 is 0.846 bits per heavy atom. The molecule has 0 spiro atoms. The number of ether oxygens (including phenoxy) is 1. The van der Waals surface area contributed by atoms with Gasteiger partial charge in [0.15, 0.2) is 0 Å². The molecule has 0 aliphatic carbocycles. The van der Waals surface area contributed by atoms with Crippen molar-refractivity contribution in [3.8, 4) is 20.0 Å². The summed E-state index contributed by atoms with van der Waals surface area (Å²) in [6.45, 7) is 3.41. The number of nitrogen functional groups attached to an aromatic ring is 1. The van der Waals surface area contributed by atoms with Crippen LogP contribution in [0.5, 0.6) is 0 Å². The number of hydrogen-bond donors (Lipinski definition) is 1. The van der Waals surface area contributed by atoms with E-state index in [4.69, 9.17) is 10.5 Å². The van der Waals surface area contributed by atoms with Crippen molar-refractivity contribution in [1.82, 2.24) is 0 Å². The Kier molecular flexibility index (Phi) is 4.93. The van der Waals surface area contributed by atoms with Crippen molar-refractivity contribution in [2.45, 2.75) is 0 Å². The van der Waals surface area contributed by atoms with E-state index in [1.54, 1.807) is 12.1 Å². The molecule has 0 amide bonds.